The van der Waals surface area contributed by atoms with Gasteiger partial charge in [-0.3, -0.25) is 14.5 Å². The monoisotopic (exact) mass is 480 g/mol. The number of benzene rings is 2. The van der Waals surface area contributed by atoms with E-state index >= 15 is 0 Å². The Bertz CT molecular complexity index is 1170. The van der Waals surface area contributed by atoms with E-state index in [9.17, 15) is 18.4 Å². The second-order valence-corrected chi connectivity index (χ2v) is 9.60. The maximum Gasteiger partial charge on any atom is 0.258 e. The fourth-order valence-electron chi connectivity index (χ4n) is 5.14. The predicted octanol–water partition coefficient (Wildman–Crippen LogP) is 4.62. The number of amides is 2. The van der Waals surface area contributed by atoms with Gasteiger partial charge in [-0.1, -0.05) is 12.8 Å². The maximum atomic E-state index is 14.5. The number of carbonyl (C=O) groups is 2. The first-order chi connectivity index (χ1) is 16.8. The largest absolute Gasteiger partial charge is 0.337 e. The zero-order valence-electron chi connectivity index (χ0n) is 20.1. The molecule has 2 amide bonds. The lowest BCUT2D eigenvalue weighted by Gasteiger charge is -2.41. The Morgan fingerprint density at radius 1 is 1.14 bits per heavy atom. The van der Waals surface area contributed by atoms with Gasteiger partial charge < -0.3 is 10.2 Å². The number of rotatable bonds is 5. The molecule has 1 aliphatic heterocycles. The highest BCUT2D eigenvalue weighted by Crippen LogP contribution is 2.29. The quantitative estimate of drug-likeness (QED) is 0.678. The number of nitrogens with zero attached hydrogens (tertiary/aromatic N) is 3. The van der Waals surface area contributed by atoms with Crippen molar-refractivity contribution in [3.8, 4) is 6.07 Å². The lowest BCUT2D eigenvalue weighted by Crippen LogP contribution is -2.54. The first kappa shape index (κ1) is 24.8. The van der Waals surface area contributed by atoms with E-state index in [1.165, 1.54) is 24.3 Å². The molecule has 0 unspecified atom stereocenters. The van der Waals surface area contributed by atoms with Gasteiger partial charge in [-0.15, -0.1) is 0 Å². The first-order valence-electron chi connectivity index (χ1n) is 12.1. The van der Waals surface area contributed by atoms with Crippen LogP contribution in [-0.2, 0) is 11.3 Å². The van der Waals surface area contributed by atoms with Crippen LogP contribution in [0.5, 0.6) is 0 Å². The van der Waals surface area contributed by atoms with Gasteiger partial charge in [-0.25, -0.2) is 8.78 Å². The van der Waals surface area contributed by atoms with Gasteiger partial charge in [0.05, 0.1) is 17.2 Å². The van der Waals surface area contributed by atoms with Crippen molar-refractivity contribution in [2.75, 3.05) is 25.0 Å². The maximum absolute atomic E-state index is 14.5. The summed E-state index contributed by atoms with van der Waals surface area (Å²) in [4.78, 5) is 29.7. The van der Waals surface area contributed by atoms with E-state index in [2.05, 4.69) is 17.1 Å². The molecule has 35 heavy (non-hydrogen) atoms. The lowest BCUT2D eigenvalue weighted by atomic mass is 10.0. The van der Waals surface area contributed by atoms with Crippen molar-refractivity contribution < 1.29 is 18.4 Å². The van der Waals surface area contributed by atoms with E-state index < -0.39 is 17.5 Å². The van der Waals surface area contributed by atoms with Crippen molar-refractivity contribution in [2.24, 2.45) is 5.92 Å². The summed E-state index contributed by atoms with van der Waals surface area (Å²) in [5, 5.41) is 11.5. The SMILES string of the molecule is Cc1c(CN2CCN(C(=O)C3CCCC3)[C@@H](C)C2)cc(F)cc1NC(=O)c1ccc(C#N)cc1F. The minimum Gasteiger partial charge on any atom is -0.337 e. The average molecular weight is 481 g/mol. The summed E-state index contributed by atoms with van der Waals surface area (Å²) in [7, 11) is 0. The van der Waals surface area contributed by atoms with Gasteiger partial charge in [0.25, 0.3) is 5.91 Å². The molecule has 0 spiro atoms. The average Bonchev–Trinajstić information content (AvgIpc) is 3.36. The number of carbonyl (C=O) groups excluding carboxylic acids is 2. The summed E-state index contributed by atoms with van der Waals surface area (Å²) in [6.45, 7) is 6.35. The molecular formula is C27H30F2N4O2. The zero-order valence-corrected chi connectivity index (χ0v) is 20.1. The highest BCUT2D eigenvalue weighted by Gasteiger charge is 2.33. The van der Waals surface area contributed by atoms with Gasteiger partial charge in [0, 0.05) is 43.8 Å². The number of nitrogens with one attached hydrogen (secondary N) is 1. The predicted molar refractivity (Wildman–Crippen MR) is 129 cm³/mol. The summed E-state index contributed by atoms with van der Waals surface area (Å²) in [5.74, 6) is -1.60. The van der Waals surface area contributed by atoms with E-state index in [-0.39, 0.29) is 34.7 Å². The molecule has 4 rings (SSSR count). The minimum atomic E-state index is -0.810. The first-order valence-corrected chi connectivity index (χ1v) is 12.1. The summed E-state index contributed by atoms with van der Waals surface area (Å²) in [5.41, 5.74) is 1.60. The van der Waals surface area contributed by atoms with Crippen LogP contribution >= 0.6 is 0 Å². The molecule has 2 fully saturated rings. The molecule has 1 heterocycles. The van der Waals surface area contributed by atoms with E-state index in [1.807, 2.05) is 11.0 Å². The fourth-order valence-corrected chi connectivity index (χ4v) is 5.14. The molecule has 2 aromatic carbocycles. The lowest BCUT2D eigenvalue weighted by molar-refractivity contribution is -0.140. The summed E-state index contributed by atoms with van der Waals surface area (Å²) < 4.78 is 28.7. The normalized spacial score (nSPS) is 18.9. The number of hydrogen-bond acceptors (Lipinski definition) is 4. The zero-order chi connectivity index (χ0) is 25.1. The van der Waals surface area contributed by atoms with Crippen LogP contribution < -0.4 is 5.32 Å². The Morgan fingerprint density at radius 3 is 2.54 bits per heavy atom. The number of piperazine rings is 1. The highest BCUT2D eigenvalue weighted by atomic mass is 19.1. The Morgan fingerprint density at radius 2 is 1.89 bits per heavy atom. The number of nitriles is 1. The van der Waals surface area contributed by atoms with Crippen molar-refractivity contribution in [2.45, 2.75) is 52.1 Å². The van der Waals surface area contributed by atoms with Crippen LogP contribution in [0.4, 0.5) is 14.5 Å². The number of anilines is 1. The number of halogens is 2. The molecule has 2 aromatic rings. The van der Waals surface area contributed by atoms with Crippen LogP contribution in [0.15, 0.2) is 30.3 Å². The van der Waals surface area contributed by atoms with Gasteiger partial charge in [-0.05, 0) is 68.1 Å². The van der Waals surface area contributed by atoms with Crippen molar-refractivity contribution in [3.05, 3.63) is 64.2 Å². The molecular weight excluding hydrogens is 450 g/mol. The van der Waals surface area contributed by atoms with E-state index in [4.69, 9.17) is 5.26 Å². The molecule has 1 aliphatic carbocycles. The third kappa shape index (κ3) is 5.51. The highest BCUT2D eigenvalue weighted by molar-refractivity contribution is 6.05. The molecule has 0 bridgehead atoms. The van der Waals surface area contributed by atoms with E-state index in [0.29, 0.717) is 31.7 Å². The molecule has 2 aliphatic rings. The van der Waals surface area contributed by atoms with Gasteiger partial charge in [0.2, 0.25) is 5.91 Å². The van der Waals surface area contributed by atoms with Gasteiger partial charge in [0.15, 0.2) is 0 Å². The molecule has 8 heteroatoms. The second kappa shape index (κ2) is 10.5. The van der Waals surface area contributed by atoms with Crippen LogP contribution in [0, 0.1) is 35.8 Å². The summed E-state index contributed by atoms with van der Waals surface area (Å²) >= 11 is 0. The molecule has 0 radical (unpaired) electrons. The van der Waals surface area contributed by atoms with Crippen molar-refractivity contribution >= 4 is 17.5 Å². The molecule has 1 atom stereocenters. The Labute approximate surface area is 204 Å². The van der Waals surface area contributed by atoms with Crippen molar-refractivity contribution in [1.29, 1.82) is 5.26 Å². The van der Waals surface area contributed by atoms with Crippen LogP contribution in [0.1, 0.15) is 59.7 Å². The van der Waals surface area contributed by atoms with Gasteiger partial charge >= 0.3 is 0 Å². The summed E-state index contributed by atoms with van der Waals surface area (Å²) in [6, 6.07) is 8.17. The summed E-state index contributed by atoms with van der Waals surface area (Å²) in [6.07, 6.45) is 4.21. The third-order valence-electron chi connectivity index (χ3n) is 7.16. The Balaban J connectivity index is 1.44. The Hall–Kier alpha value is -3.31. The number of hydrogen-bond donors (Lipinski definition) is 1. The third-order valence-corrected chi connectivity index (χ3v) is 7.16. The standard InChI is InChI=1S/C27H30F2N4O2/c1-17-15-32(9-10-33(17)27(35)20-5-3-4-6-20)16-21-12-22(28)13-25(18(21)2)31-26(34)23-8-7-19(14-30)11-24(23)29/h7-8,11-13,17,20H,3-6,9-10,15-16H2,1-2H3,(H,31,34)/t17-/m0/s1. The molecule has 184 valence electrons. The van der Waals surface area contributed by atoms with E-state index in [1.54, 1.807) is 6.92 Å². The fraction of sp³-hybridized carbons (Fsp3) is 0.444. The van der Waals surface area contributed by atoms with Crippen LogP contribution in [0.25, 0.3) is 0 Å². The smallest absolute Gasteiger partial charge is 0.258 e. The van der Waals surface area contributed by atoms with Gasteiger partial charge in [-0.2, -0.15) is 5.26 Å². The molecule has 1 saturated carbocycles. The molecule has 1 saturated heterocycles. The van der Waals surface area contributed by atoms with Crippen LogP contribution in [0.3, 0.4) is 0 Å². The topological polar surface area (TPSA) is 76.4 Å². The second-order valence-electron chi connectivity index (χ2n) is 9.60. The van der Waals surface area contributed by atoms with Crippen LogP contribution in [-0.4, -0.2) is 47.3 Å². The Kier molecular flexibility index (Phi) is 7.46. The van der Waals surface area contributed by atoms with Crippen molar-refractivity contribution in [3.63, 3.8) is 0 Å². The van der Waals surface area contributed by atoms with E-state index in [0.717, 1.165) is 37.3 Å². The van der Waals surface area contributed by atoms with Crippen LogP contribution in [0.2, 0.25) is 0 Å². The molecule has 6 nitrogen and oxygen atoms in total. The molecule has 0 aromatic heterocycles. The minimum absolute atomic E-state index is 0.0734. The van der Waals surface area contributed by atoms with Crippen molar-refractivity contribution in [1.82, 2.24) is 9.80 Å². The van der Waals surface area contributed by atoms with Gasteiger partial charge in [0.1, 0.15) is 11.6 Å². The molecule has 1 N–H and O–H groups in total.